The van der Waals surface area contributed by atoms with Crippen LogP contribution in [0.25, 0.3) is 0 Å². The Morgan fingerprint density at radius 3 is 1.09 bits per heavy atom. The van der Waals surface area contributed by atoms with Crippen LogP contribution in [0.1, 0.15) is 32.1 Å². The molecule has 0 bridgehead atoms. The Morgan fingerprint density at radius 2 is 0.787 bits per heavy atom. The first-order chi connectivity index (χ1) is 20.3. The van der Waals surface area contributed by atoms with Crippen LogP contribution in [0, 0.1) is 0 Å². The van der Waals surface area contributed by atoms with Crippen LogP contribution in [0.3, 0.4) is 0 Å². The van der Waals surface area contributed by atoms with Crippen LogP contribution >= 0.6 is 0 Å². The smallest absolute Gasteiger partial charge is 0.460 e. The minimum Gasteiger partial charge on any atom is -0.465 e. The molecule has 1 atom stereocenters. The Bertz CT molecular complexity index is 1080. The van der Waals surface area contributed by atoms with Crippen molar-refractivity contribution >= 4 is 11.9 Å². The van der Waals surface area contributed by atoms with E-state index in [9.17, 15) is 106 Å². The summed E-state index contributed by atoms with van der Waals surface area (Å²) in [6.45, 7) is -3.60. The van der Waals surface area contributed by atoms with Gasteiger partial charge in [0, 0.05) is 12.8 Å². The number of hydrogen-bond donors (Lipinski definition) is 1. The topological polar surface area (TPSA) is 78.6 Å². The summed E-state index contributed by atoms with van der Waals surface area (Å²) in [6, 6.07) is -2.36. The van der Waals surface area contributed by atoms with Gasteiger partial charge < -0.3 is 15.2 Å². The molecule has 0 aromatic rings. The first kappa shape index (κ1) is 44.4. The lowest BCUT2D eigenvalue weighted by Crippen LogP contribution is -2.61. The van der Waals surface area contributed by atoms with E-state index in [0.717, 1.165) is 0 Å². The van der Waals surface area contributed by atoms with Gasteiger partial charge in [-0.05, 0) is 0 Å². The van der Waals surface area contributed by atoms with Crippen LogP contribution in [0.4, 0.5) is 96.6 Å². The van der Waals surface area contributed by atoms with Crippen molar-refractivity contribution in [3.05, 3.63) is 0 Å². The molecule has 0 fully saturated rings. The highest BCUT2D eigenvalue weighted by atomic mass is 19.4. The lowest BCUT2D eigenvalue weighted by molar-refractivity contribution is -0.401. The average Bonchev–Trinajstić information content (AvgIpc) is 2.80. The van der Waals surface area contributed by atoms with Crippen LogP contribution in [0.2, 0.25) is 0 Å². The summed E-state index contributed by atoms with van der Waals surface area (Å²) in [6.07, 6.45) is -27.9. The third-order valence-corrected chi connectivity index (χ3v) is 5.51. The highest BCUT2D eigenvalue weighted by molar-refractivity contribution is 5.82. The van der Waals surface area contributed by atoms with Crippen molar-refractivity contribution in [2.24, 2.45) is 5.73 Å². The second kappa shape index (κ2) is 13.7. The molecule has 0 spiro atoms. The van der Waals surface area contributed by atoms with E-state index in [2.05, 4.69) is 9.47 Å². The average molecular weight is 753 g/mol. The standard InChI is InChI=1S/C20H17F22NO4/c21-11(22,6-13(25,26)15(29,30)17(33,34)19(37,38)39)1-3-46-9(44)5-8(43)10(45)47-4-2-12(23,24)7-14(27,28)16(31,32)18(35,36)20(40,41)42/h8H,1-7,43H2. The van der Waals surface area contributed by atoms with Gasteiger partial charge in [-0.1, -0.05) is 0 Å². The van der Waals surface area contributed by atoms with Crippen molar-refractivity contribution < 1.29 is 116 Å². The van der Waals surface area contributed by atoms with Gasteiger partial charge in [0.1, 0.15) is 6.04 Å². The van der Waals surface area contributed by atoms with Crippen molar-refractivity contribution in [3.63, 3.8) is 0 Å². The van der Waals surface area contributed by atoms with Gasteiger partial charge in [0.2, 0.25) is 0 Å². The number of alkyl halides is 22. The predicted octanol–water partition coefficient (Wildman–Crippen LogP) is 7.56. The molecule has 0 aromatic carbocycles. The molecule has 0 rings (SSSR count). The van der Waals surface area contributed by atoms with Crippen LogP contribution in [-0.4, -0.2) is 90.9 Å². The largest absolute Gasteiger partial charge is 0.465 e. The summed E-state index contributed by atoms with van der Waals surface area (Å²) in [5, 5.41) is 0. The molecule has 0 saturated heterocycles. The van der Waals surface area contributed by atoms with Crippen molar-refractivity contribution in [2.45, 2.75) is 97.9 Å². The van der Waals surface area contributed by atoms with E-state index in [1.807, 2.05) is 0 Å². The van der Waals surface area contributed by atoms with E-state index in [1.165, 1.54) is 0 Å². The van der Waals surface area contributed by atoms with Crippen LogP contribution in [0.5, 0.6) is 0 Å². The Hall–Kier alpha value is -2.64. The van der Waals surface area contributed by atoms with Crippen molar-refractivity contribution in [1.82, 2.24) is 0 Å². The van der Waals surface area contributed by atoms with E-state index in [4.69, 9.17) is 5.73 Å². The van der Waals surface area contributed by atoms with E-state index in [1.54, 1.807) is 0 Å². The second-order valence-electron chi connectivity index (χ2n) is 9.47. The molecule has 280 valence electrons. The highest BCUT2D eigenvalue weighted by Gasteiger charge is 2.83. The quantitative estimate of drug-likeness (QED) is 0.123. The van der Waals surface area contributed by atoms with Gasteiger partial charge in [-0.25, -0.2) is 17.6 Å². The molecule has 0 aliphatic rings. The minimum absolute atomic E-state index is 1.51. The maximum Gasteiger partial charge on any atom is 0.460 e. The Morgan fingerprint density at radius 1 is 0.489 bits per heavy atom. The van der Waals surface area contributed by atoms with Crippen molar-refractivity contribution in [3.8, 4) is 0 Å². The van der Waals surface area contributed by atoms with Gasteiger partial charge in [-0.15, -0.1) is 0 Å². The lowest BCUT2D eigenvalue weighted by atomic mass is 9.97. The molecule has 1 unspecified atom stereocenters. The highest BCUT2D eigenvalue weighted by Crippen LogP contribution is 2.57. The molecular weight excluding hydrogens is 736 g/mol. The Labute approximate surface area is 245 Å². The molecule has 0 amide bonds. The summed E-state index contributed by atoms with van der Waals surface area (Å²) in [7, 11) is 0. The minimum atomic E-state index is -7.49. The number of carbonyl (C=O) groups is 2. The van der Waals surface area contributed by atoms with Gasteiger partial charge >= 0.3 is 59.8 Å². The maximum atomic E-state index is 13.6. The number of carbonyl (C=O) groups excluding carboxylic acids is 2. The molecule has 0 aliphatic heterocycles. The fourth-order valence-corrected chi connectivity index (χ4v) is 2.91. The maximum absolute atomic E-state index is 13.6. The third-order valence-electron chi connectivity index (χ3n) is 5.51. The Balaban J connectivity index is 5.05. The molecule has 0 aromatic heterocycles. The first-order valence-corrected chi connectivity index (χ1v) is 11.6. The molecule has 0 heterocycles. The molecule has 47 heavy (non-hydrogen) atoms. The van der Waals surface area contributed by atoms with E-state index in [0.29, 0.717) is 0 Å². The fraction of sp³-hybridized carbons (Fsp3) is 0.900. The zero-order valence-electron chi connectivity index (χ0n) is 22.1. The SMILES string of the molecule is NC(CC(=O)OCCC(F)(F)CC(F)(F)C(F)(F)C(F)(F)C(F)(F)F)C(=O)OCCC(F)(F)CC(F)(F)C(F)(F)C(F)(F)C(F)(F)F. The molecule has 5 nitrogen and oxygen atoms in total. The van der Waals surface area contributed by atoms with Crippen LogP contribution in [-0.2, 0) is 19.1 Å². The summed E-state index contributed by atoms with van der Waals surface area (Å²) >= 11 is 0. The van der Waals surface area contributed by atoms with Gasteiger partial charge in [0.05, 0.1) is 32.5 Å². The summed E-state index contributed by atoms with van der Waals surface area (Å²) in [5.41, 5.74) is 5.01. The van der Waals surface area contributed by atoms with Gasteiger partial charge in [-0.3, -0.25) is 9.59 Å². The summed E-state index contributed by atoms with van der Waals surface area (Å²) in [5.74, 6) is -57.5. The summed E-state index contributed by atoms with van der Waals surface area (Å²) < 4.78 is 292. The molecule has 0 radical (unpaired) electrons. The number of nitrogens with two attached hydrogens (primary N) is 1. The monoisotopic (exact) mass is 753 g/mol. The van der Waals surface area contributed by atoms with Gasteiger partial charge in [0.25, 0.3) is 11.8 Å². The second-order valence-corrected chi connectivity index (χ2v) is 9.47. The molecule has 27 heteroatoms. The van der Waals surface area contributed by atoms with Gasteiger partial charge in [-0.2, -0.15) is 79.0 Å². The molecular formula is C20H17F22NO4. The van der Waals surface area contributed by atoms with E-state index < -0.39 is 123 Å². The molecule has 0 aliphatic carbocycles. The van der Waals surface area contributed by atoms with Crippen LogP contribution in [0.15, 0.2) is 0 Å². The van der Waals surface area contributed by atoms with Crippen LogP contribution < -0.4 is 5.73 Å². The zero-order valence-corrected chi connectivity index (χ0v) is 22.1. The molecule has 2 N–H and O–H groups in total. The predicted molar refractivity (Wildman–Crippen MR) is 105 cm³/mol. The summed E-state index contributed by atoms with van der Waals surface area (Å²) in [4.78, 5) is 23.1. The van der Waals surface area contributed by atoms with Gasteiger partial charge in [0.15, 0.2) is 0 Å². The zero-order chi connectivity index (χ0) is 38.1. The van der Waals surface area contributed by atoms with Crippen molar-refractivity contribution in [1.29, 1.82) is 0 Å². The lowest BCUT2D eigenvalue weighted by Gasteiger charge is -2.35. The molecule has 0 saturated carbocycles. The number of rotatable bonds is 17. The number of ether oxygens (including phenoxy) is 2. The van der Waals surface area contributed by atoms with Crippen molar-refractivity contribution in [2.75, 3.05) is 13.2 Å². The fourth-order valence-electron chi connectivity index (χ4n) is 2.91. The number of esters is 2. The van der Waals surface area contributed by atoms with E-state index >= 15 is 0 Å². The number of hydrogen-bond acceptors (Lipinski definition) is 5. The normalized spacial score (nSPS) is 15.8. The third kappa shape index (κ3) is 10.2. The van der Waals surface area contributed by atoms with E-state index in [-0.39, 0.29) is 0 Å². The number of halogens is 22. The first-order valence-electron chi connectivity index (χ1n) is 11.6. The Kier molecular flexibility index (Phi) is 12.9.